The first kappa shape index (κ1) is 12.9. The summed E-state index contributed by atoms with van der Waals surface area (Å²) in [6.45, 7) is 4.10. The molecule has 2 aliphatic rings. The van der Waals surface area contributed by atoms with Crippen molar-refractivity contribution in [3.8, 4) is 0 Å². The van der Waals surface area contributed by atoms with Gasteiger partial charge in [-0.05, 0) is 37.3 Å². The normalized spacial score (nSPS) is 31.5. The first-order chi connectivity index (χ1) is 9.19. The Hall–Kier alpha value is -1.13. The monoisotopic (exact) mass is 261 g/mol. The van der Waals surface area contributed by atoms with Crippen LogP contribution in [0.1, 0.15) is 37.9 Å². The van der Waals surface area contributed by atoms with Crippen LogP contribution in [-0.4, -0.2) is 29.3 Å². The first-order valence-corrected chi connectivity index (χ1v) is 7.33. The second kappa shape index (κ2) is 5.10. The van der Waals surface area contributed by atoms with Crippen molar-refractivity contribution in [3.05, 3.63) is 24.0 Å². The number of fused-ring (bicyclic) bond motifs is 1. The number of aliphatic hydroxyl groups excluding tert-OH is 1. The van der Waals surface area contributed by atoms with Crippen LogP contribution in [-0.2, 0) is 0 Å². The van der Waals surface area contributed by atoms with Crippen LogP contribution >= 0.6 is 0 Å². The van der Waals surface area contributed by atoms with E-state index in [1.165, 1.54) is 0 Å². The van der Waals surface area contributed by atoms with Crippen molar-refractivity contribution in [1.82, 2.24) is 4.98 Å². The Bertz CT molecular complexity index is 434. The molecule has 1 aliphatic carbocycles. The van der Waals surface area contributed by atoms with Gasteiger partial charge in [-0.2, -0.15) is 0 Å². The quantitative estimate of drug-likeness (QED) is 0.869. The van der Waals surface area contributed by atoms with Gasteiger partial charge in [-0.15, -0.1) is 0 Å². The summed E-state index contributed by atoms with van der Waals surface area (Å²) in [7, 11) is 0. The van der Waals surface area contributed by atoms with Crippen molar-refractivity contribution < 1.29 is 5.11 Å². The minimum atomic E-state index is -0.101. The number of pyridine rings is 1. The topological polar surface area (TPSA) is 62.4 Å². The Balaban J connectivity index is 1.70. The molecule has 0 spiro atoms. The molecule has 3 rings (SSSR count). The lowest BCUT2D eigenvalue weighted by molar-refractivity contribution is 0.133. The average molecular weight is 261 g/mol. The van der Waals surface area contributed by atoms with Gasteiger partial charge in [0, 0.05) is 25.0 Å². The molecule has 4 nitrogen and oxygen atoms in total. The Morgan fingerprint density at radius 2 is 2.26 bits per heavy atom. The molecule has 104 valence electrons. The van der Waals surface area contributed by atoms with E-state index < -0.39 is 0 Å². The maximum Gasteiger partial charge on any atom is 0.0588 e. The molecule has 3 N–H and O–H groups in total. The molecule has 0 bridgehead atoms. The van der Waals surface area contributed by atoms with Gasteiger partial charge in [-0.3, -0.25) is 4.98 Å². The van der Waals surface area contributed by atoms with E-state index in [0.717, 1.165) is 43.7 Å². The third-order valence-electron chi connectivity index (χ3n) is 4.77. The van der Waals surface area contributed by atoms with Crippen LogP contribution in [0.4, 0.5) is 5.69 Å². The van der Waals surface area contributed by atoms with E-state index in [-0.39, 0.29) is 12.1 Å². The number of hydrogen-bond acceptors (Lipinski definition) is 4. The zero-order valence-corrected chi connectivity index (χ0v) is 11.5. The molecule has 19 heavy (non-hydrogen) atoms. The summed E-state index contributed by atoms with van der Waals surface area (Å²) in [5.41, 5.74) is 8.11. The standard InChI is InChI=1S/C15H23N3O/c1-2-13(16)14-5-4-11(7-17-14)18-8-10-3-6-15(19)12(10)9-18/h4-5,7,10,12-13,15,19H,2-3,6,8-9,16H2,1H3/t10?,12?,13-,15?/m1/s1. The van der Waals surface area contributed by atoms with Gasteiger partial charge in [0.05, 0.1) is 23.7 Å². The Labute approximate surface area is 114 Å². The van der Waals surface area contributed by atoms with Gasteiger partial charge in [-0.1, -0.05) is 6.92 Å². The van der Waals surface area contributed by atoms with Gasteiger partial charge in [0.15, 0.2) is 0 Å². The number of hydrogen-bond donors (Lipinski definition) is 2. The molecule has 1 aliphatic heterocycles. The maximum atomic E-state index is 9.95. The van der Waals surface area contributed by atoms with E-state index in [9.17, 15) is 5.11 Å². The van der Waals surface area contributed by atoms with Crippen LogP contribution < -0.4 is 10.6 Å². The number of anilines is 1. The third-order valence-corrected chi connectivity index (χ3v) is 4.77. The molecule has 0 radical (unpaired) electrons. The highest BCUT2D eigenvalue weighted by Crippen LogP contribution is 2.39. The SMILES string of the molecule is CC[C@@H](N)c1ccc(N2CC3CCC(O)C3C2)cn1. The summed E-state index contributed by atoms with van der Waals surface area (Å²) >= 11 is 0. The van der Waals surface area contributed by atoms with Crippen molar-refractivity contribution in [2.24, 2.45) is 17.6 Å². The highest BCUT2D eigenvalue weighted by atomic mass is 16.3. The van der Waals surface area contributed by atoms with E-state index in [0.29, 0.717) is 11.8 Å². The van der Waals surface area contributed by atoms with E-state index in [1.54, 1.807) is 0 Å². The molecule has 2 fully saturated rings. The summed E-state index contributed by atoms with van der Waals surface area (Å²) in [5, 5.41) is 9.95. The van der Waals surface area contributed by atoms with E-state index in [1.807, 2.05) is 12.3 Å². The first-order valence-electron chi connectivity index (χ1n) is 7.33. The minimum Gasteiger partial charge on any atom is -0.393 e. The lowest BCUT2D eigenvalue weighted by atomic mass is 10.00. The van der Waals surface area contributed by atoms with Gasteiger partial charge >= 0.3 is 0 Å². The van der Waals surface area contributed by atoms with Crippen LogP contribution in [0.2, 0.25) is 0 Å². The van der Waals surface area contributed by atoms with Gasteiger partial charge in [-0.25, -0.2) is 0 Å². The van der Waals surface area contributed by atoms with Crippen molar-refractivity contribution >= 4 is 5.69 Å². The summed E-state index contributed by atoms with van der Waals surface area (Å²) in [4.78, 5) is 6.83. The van der Waals surface area contributed by atoms with Gasteiger partial charge in [0.25, 0.3) is 0 Å². The van der Waals surface area contributed by atoms with Crippen LogP contribution in [0, 0.1) is 11.8 Å². The Morgan fingerprint density at radius 3 is 2.89 bits per heavy atom. The summed E-state index contributed by atoms with van der Waals surface area (Å²) < 4.78 is 0. The summed E-state index contributed by atoms with van der Waals surface area (Å²) in [5.74, 6) is 1.12. The van der Waals surface area contributed by atoms with E-state index in [2.05, 4.69) is 22.9 Å². The lowest BCUT2D eigenvalue weighted by Gasteiger charge is -2.20. The molecule has 1 aromatic rings. The van der Waals surface area contributed by atoms with E-state index >= 15 is 0 Å². The van der Waals surface area contributed by atoms with Crippen LogP contribution in [0.15, 0.2) is 18.3 Å². The van der Waals surface area contributed by atoms with Crippen molar-refractivity contribution in [2.45, 2.75) is 38.3 Å². The average Bonchev–Trinajstić information content (AvgIpc) is 3.01. The Morgan fingerprint density at radius 1 is 1.42 bits per heavy atom. The fourth-order valence-electron chi connectivity index (χ4n) is 3.46. The molecule has 2 heterocycles. The molecule has 4 heteroatoms. The van der Waals surface area contributed by atoms with Crippen LogP contribution in [0.5, 0.6) is 0 Å². The molecule has 0 amide bonds. The summed E-state index contributed by atoms with van der Waals surface area (Å²) in [6, 6.07) is 4.19. The van der Waals surface area contributed by atoms with Gasteiger partial charge in [0.1, 0.15) is 0 Å². The predicted molar refractivity (Wildman–Crippen MR) is 75.9 cm³/mol. The number of aromatic nitrogens is 1. The fraction of sp³-hybridized carbons (Fsp3) is 0.667. The van der Waals surface area contributed by atoms with Crippen molar-refractivity contribution in [3.63, 3.8) is 0 Å². The van der Waals surface area contributed by atoms with Gasteiger partial charge < -0.3 is 15.7 Å². The highest BCUT2D eigenvalue weighted by molar-refractivity contribution is 5.46. The molecule has 3 unspecified atom stereocenters. The van der Waals surface area contributed by atoms with E-state index in [4.69, 9.17) is 5.73 Å². The number of nitrogens with two attached hydrogens (primary N) is 1. The fourth-order valence-corrected chi connectivity index (χ4v) is 3.46. The van der Waals surface area contributed by atoms with Crippen molar-refractivity contribution in [2.75, 3.05) is 18.0 Å². The number of aliphatic hydroxyl groups is 1. The molecule has 0 aromatic carbocycles. The van der Waals surface area contributed by atoms with Crippen LogP contribution in [0.3, 0.4) is 0 Å². The summed E-state index contributed by atoms with van der Waals surface area (Å²) in [6.07, 6.45) is 4.88. The Kier molecular flexibility index (Phi) is 3.46. The predicted octanol–water partition coefficient (Wildman–Crippen LogP) is 1.70. The molecule has 1 saturated heterocycles. The number of rotatable bonds is 3. The largest absolute Gasteiger partial charge is 0.393 e. The third kappa shape index (κ3) is 2.35. The molecular formula is C15H23N3O. The van der Waals surface area contributed by atoms with Gasteiger partial charge in [0.2, 0.25) is 0 Å². The zero-order valence-electron chi connectivity index (χ0n) is 11.5. The lowest BCUT2D eigenvalue weighted by Crippen LogP contribution is -2.24. The number of nitrogens with zero attached hydrogens (tertiary/aromatic N) is 2. The maximum absolute atomic E-state index is 9.95. The zero-order chi connectivity index (χ0) is 13.4. The molecule has 4 atom stereocenters. The second-order valence-electron chi connectivity index (χ2n) is 5.93. The highest BCUT2D eigenvalue weighted by Gasteiger charge is 2.41. The van der Waals surface area contributed by atoms with Crippen molar-refractivity contribution in [1.29, 1.82) is 0 Å². The minimum absolute atomic E-state index is 0.0360. The molecule has 1 aromatic heterocycles. The molecular weight excluding hydrogens is 238 g/mol. The molecule has 1 saturated carbocycles. The smallest absolute Gasteiger partial charge is 0.0588 e. The van der Waals surface area contributed by atoms with Crippen LogP contribution in [0.25, 0.3) is 0 Å². The second-order valence-corrected chi connectivity index (χ2v) is 5.93.